The minimum atomic E-state index is -0.922. The fourth-order valence-electron chi connectivity index (χ4n) is 3.45. The molecule has 0 fully saturated rings. The largest absolute Gasteiger partial charge is 0.394 e. The van der Waals surface area contributed by atoms with Crippen molar-refractivity contribution in [2.24, 2.45) is 0 Å². The number of hydrogen-bond donors (Lipinski definition) is 3. The minimum absolute atomic E-state index is 0.0331. The Balaban J connectivity index is 2.07. The Labute approximate surface area is 181 Å². The van der Waals surface area contributed by atoms with Gasteiger partial charge in [-0.3, -0.25) is 9.36 Å². The van der Waals surface area contributed by atoms with Crippen LogP contribution in [0.5, 0.6) is 0 Å². The normalized spacial score (nSPS) is 11.3. The summed E-state index contributed by atoms with van der Waals surface area (Å²) < 4.78 is 29.2. The van der Waals surface area contributed by atoms with Crippen LogP contribution in [0.4, 0.5) is 14.7 Å². The number of aromatic nitrogens is 3. The zero-order valence-corrected chi connectivity index (χ0v) is 17.1. The second kappa shape index (κ2) is 8.81. The summed E-state index contributed by atoms with van der Waals surface area (Å²) in [5, 5.41) is 22.2. The summed E-state index contributed by atoms with van der Waals surface area (Å²) in [7, 11) is 0. The molecule has 0 spiro atoms. The third-order valence-electron chi connectivity index (χ3n) is 5.08. The predicted molar refractivity (Wildman–Crippen MR) is 117 cm³/mol. The highest BCUT2D eigenvalue weighted by Gasteiger charge is 2.19. The summed E-state index contributed by atoms with van der Waals surface area (Å²) in [6.07, 6.45) is 0. The van der Waals surface area contributed by atoms with Crippen LogP contribution < -0.4 is 10.9 Å². The number of aliphatic hydroxyl groups is 2. The Morgan fingerprint density at radius 1 is 1.03 bits per heavy atom. The topological polar surface area (TPSA) is 100 Å². The first-order valence-electron chi connectivity index (χ1n) is 9.86. The van der Waals surface area contributed by atoms with Crippen LogP contribution in [0.15, 0.2) is 59.4 Å². The van der Waals surface area contributed by atoms with Crippen molar-refractivity contribution in [2.75, 3.05) is 18.5 Å². The van der Waals surface area contributed by atoms with Crippen LogP contribution in [-0.4, -0.2) is 44.0 Å². The van der Waals surface area contributed by atoms with Crippen LogP contribution in [0.3, 0.4) is 0 Å². The molecule has 32 heavy (non-hydrogen) atoms. The highest BCUT2D eigenvalue weighted by molar-refractivity contribution is 5.92. The van der Waals surface area contributed by atoms with E-state index in [0.717, 1.165) is 21.8 Å². The minimum Gasteiger partial charge on any atom is -0.394 e. The molecule has 4 aromatic rings. The van der Waals surface area contributed by atoms with Gasteiger partial charge in [0.05, 0.1) is 30.6 Å². The van der Waals surface area contributed by atoms with Crippen molar-refractivity contribution in [1.82, 2.24) is 14.5 Å². The summed E-state index contributed by atoms with van der Waals surface area (Å²) in [5.41, 5.74) is 1.50. The molecule has 9 heteroatoms. The third kappa shape index (κ3) is 3.95. The molecule has 0 saturated heterocycles. The van der Waals surface area contributed by atoms with Crippen molar-refractivity contribution in [2.45, 2.75) is 13.0 Å². The Kier molecular flexibility index (Phi) is 5.93. The van der Waals surface area contributed by atoms with Crippen LogP contribution in [0.25, 0.3) is 28.0 Å². The van der Waals surface area contributed by atoms with E-state index in [2.05, 4.69) is 15.3 Å². The number of rotatable bonds is 6. The van der Waals surface area contributed by atoms with Gasteiger partial charge in [-0.25, -0.2) is 13.8 Å². The van der Waals surface area contributed by atoms with Gasteiger partial charge in [0, 0.05) is 23.1 Å². The number of fused-ring (bicyclic) bond motifs is 1. The number of aliphatic hydroxyl groups excluding tert-OH is 2. The van der Waals surface area contributed by atoms with Gasteiger partial charge < -0.3 is 15.5 Å². The van der Waals surface area contributed by atoms with Crippen molar-refractivity contribution in [3.05, 3.63) is 82.1 Å². The SMILES string of the molecule is Cc1ccccc1-c1nc(NC(CO)CO)nc2c1ccc(=O)n2-c1ccc(F)cc1F. The molecule has 0 aliphatic rings. The van der Waals surface area contributed by atoms with Crippen LogP contribution in [-0.2, 0) is 0 Å². The fourth-order valence-corrected chi connectivity index (χ4v) is 3.45. The number of pyridine rings is 1. The lowest BCUT2D eigenvalue weighted by molar-refractivity contribution is 0.203. The molecule has 3 N–H and O–H groups in total. The Hall–Kier alpha value is -3.69. The first-order chi connectivity index (χ1) is 15.4. The summed E-state index contributed by atoms with van der Waals surface area (Å²) in [5.74, 6) is -1.66. The van der Waals surface area contributed by atoms with Gasteiger partial charge in [-0.1, -0.05) is 24.3 Å². The number of aryl methyl sites for hydroxylation is 1. The van der Waals surface area contributed by atoms with E-state index in [1.54, 1.807) is 6.07 Å². The molecule has 0 unspecified atom stereocenters. The number of halogens is 2. The molecule has 0 aliphatic heterocycles. The second-order valence-corrected chi connectivity index (χ2v) is 7.26. The highest BCUT2D eigenvalue weighted by Crippen LogP contribution is 2.30. The molecule has 2 aromatic carbocycles. The number of anilines is 1. The van der Waals surface area contributed by atoms with E-state index >= 15 is 0 Å². The van der Waals surface area contributed by atoms with Crippen molar-refractivity contribution in [3.63, 3.8) is 0 Å². The van der Waals surface area contributed by atoms with E-state index in [4.69, 9.17) is 0 Å². The smallest absolute Gasteiger partial charge is 0.256 e. The van der Waals surface area contributed by atoms with Crippen LogP contribution in [0, 0.1) is 18.6 Å². The first-order valence-corrected chi connectivity index (χ1v) is 9.86. The Bertz CT molecular complexity index is 1350. The van der Waals surface area contributed by atoms with Gasteiger partial charge >= 0.3 is 0 Å². The molecule has 164 valence electrons. The highest BCUT2D eigenvalue weighted by atomic mass is 19.1. The average molecular weight is 438 g/mol. The quantitative estimate of drug-likeness (QED) is 0.428. The summed E-state index contributed by atoms with van der Waals surface area (Å²) in [6, 6.07) is 12.4. The number of nitrogens with one attached hydrogen (secondary N) is 1. The standard InChI is InChI=1S/C23H20F2N4O3/c1-13-4-2-3-5-16(13)21-17-7-9-20(32)29(19-8-6-14(24)10-18(19)25)22(17)28-23(27-21)26-15(11-30)12-31/h2-10,15,30-31H,11-12H2,1H3,(H,26,27,28). The molecule has 2 aromatic heterocycles. The lowest BCUT2D eigenvalue weighted by Crippen LogP contribution is -2.29. The molecule has 2 heterocycles. The Morgan fingerprint density at radius 2 is 1.78 bits per heavy atom. The van der Waals surface area contributed by atoms with Crippen LogP contribution in [0.1, 0.15) is 5.56 Å². The van der Waals surface area contributed by atoms with Gasteiger partial charge in [-0.15, -0.1) is 0 Å². The maximum Gasteiger partial charge on any atom is 0.256 e. The number of hydrogen-bond acceptors (Lipinski definition) is 6. The first kappa shape index (κ1) is 21.5. The molecular weight excluding hydrogens is 418 g/mol. The summed E-state index contributed by atoms with van der Waals surface area (Å²) in [6.45, 7) is 1.13. The average Bonchev–Trinajstić information content (AvgIpc) is 2.78. The van der Waals surface area contributed by atoms with E-state index in [-0.39, 0.29) is 30.5 Å². The van der Waals surface area contributed by atoms with Crippen molar-refractivity contribution in [1.29, 1.82) is 0 Å². The zero-order chi connectivity index (χ0) is 22.8. The maximum absolute atomic E-state index is 14.6. The Morgan fingerprint density at radius 3 is 2.47 bits per heavy atom. The lowest BCUT2D eigenvalue weighted by Gasteiger charge is -2.18. The van der Waals surface area contributed by atoms with Gasteiger partial charge in [0.25, 0.3) is 5.56 Å². The fraction of sp³-hybridized carbons (Fsp3) is 0.174. The summed E-state index contributed by atoms with van der Waals surface area (Å²) >= 11 is 0. The molecule has 0 bridgehead atoms. The zero-order valence-electron chi connectivity index (χ0n) is 17.1. The van der Waals surface area contributed by atoms with Gasteiger partial charge in [0.2, 0.25) is 5.95 Å². The molecule has 0 saturated carbocycles. The van der Waals surface area contributed by atoms with E-state index in [9.17, 15) is 23.8 Å². The second-order valence-electron chi connectivity index (χ2n) is 7.26. The van der Waals surface area contributed by atoms with E-state index < -0.39 is 23.2 Å². The van der Waals surface area contributed by atoms with E-state index in [1.165, 1.54) is 12.1 Å². The molecule has 0 atom stereocenters. The van der Waals surface area contributed by atoms with Gasteiger partial charge in [-0.2, -0.15) is 4.98 Å². The van der Waals surface area contributed by atoms with Crippen LogP contribution >= 0.6 is 0 Å². The molecular formula is C23H20F2N4O3. The lowest BCUT2D eigenvalue weighted by atomic mass is 10.0. The molecule has 4 rings (SSSR count). The molecule has 7 nitrogen and oxygen atoms in total. The van der Waals surface area contributed by atoms with Gasteiger partial charge in [0.1, 0.15) is 11.6 Å². The van der Waals surface area contributed by atoms with Crippen LogP contribution in [0.2, 0.25) is 0 Å². The molecule has 0 aliphatic carbocycles. The number of nitrogens with zero attached hydrogens (tertiary/aromatic N) is 3. The monoisotopic (exact) mass is 438 g/mol. The van der Waals surface area contributed by atoms with Gasteiger partial charge in [0.15, 0.2) is 5.65 Å². The predicted octanol–water partition coefficient (Wildman–Crippen LogP) is 2.80. The molecule has 0 amide bonds. The molecule has 0 radical (unpaired) electrons. The van der Waals surface area contributed by atoms with E-state index in [1.807, 2.05) is 31.2 Å². The van der Waals surface area contributed by atoms with E-state index in [0.29, 0.717) is 17.1 Å². The van der Waals surface area contributed by atoms with Crippen molar-refractivity contribution >= 4 is 17.0 Å². The third-order valence-corrected chi connectivity index (χ3v) is 5.08. The summed E-state index contributed by atoms with van der Waals surface area (Å²) in [4.78, 5) is 21.7. The number of benzene rings is 2. The van der Waals surface area contributed by atoms with Crippen molar-refractivity contribution in [3.8, 4) is 16.9 Å². The maximum atomic E-state index is 14.6. The van der Waals surface area contributed by atoms with Gasteiger partial charge in [-0.05, 0) is 30.7 Å². The van der Waals surface area contributed by atoms with Crippen molar-refractivity contribution < 1.29 is 19.0 Å².